The summed E-state index contributed by atoms with van der Waals surface area (Å²) in [5, 5.41) is 0. The third-order valence-electron chi connectivity index (χ3n) is 0.418. The summed E-state index contributed by atoms with van der Waals surface area (Å²) in [6.45, 7) is 3.00. The van der Waals surface area contributed by atoms with E-state index >= 15 is 0 Å². The van der Waals surface area contributed by atoms with E-state index in [0.29, 0.717) is 0 Å². The molecular weight excluding hydrogens is 211 g/mol. The Kier molecular flexibility index (Phi) is 7.02. The van der Waals surface area contributed by atoms with E-state index in [1.807, 2.05) is 0 Å². The van der Waals surface area contributed by atoms with E-state index in [0.717, 1.165) is 0 Å². The topological polar surface area (TPSA) is 42.8 Å². The summed E-state index contributed by atoms with van der Waals surface area (Å²) >= 11 is 0. The molecular formula is C5H9O2Sn+. The van der Waals surface area contributed by atoms with Crippen molar-refractivity contribution in [3.05, 3.63) is 6.42 Å². The maximum atomic E-state index is 8.40. The maximum Gasteiger partial charge on any atom is 0.176 e. The minimum Gasteiger partial charge on any atom is -0.316 e. The van der Waals surface area contributed by atoms with Gasteiger partial charge in [-0.2, -0.15) is 6.42 Å². The van der Waals surface area contributed by atoms with Crippen molar-refractivity contribution < 1.29 is 9.59 Å². The normalized spacial score (nSPS) is 6.75. The molecule has 0 saturated carbocycles. The molecule has 8 heavy (non-hydrogen) atoms. The number of hydrogen-bond donors (Lipinski definition) is 0. The van der Waals surface area contributed by atoms with Crippen molar-refractivity contribution in [1.82, 2.24) is 0 Å². The van der Waals surface area contributed by atoms with Gasteiger partial charge in [0, 0.05) is 37.8 Å². The Labute approximate surface area is 65.6 Å². The van der Waals surface area contributed by atoms with Crippen LogP contribution in [0.5, 0.6) is 0 Å². The molecule has 0 atom stereocenters. The maximum absolute atomic E-state index is 8.40. The van der Waals surface area contributed by atoms with Gasteiger partial charge in [0.1, 0.15) is 0 Å². The number of carbonyl (C=O) groups excluding carboxylic acids is 2. The molecule has 2 nitrogen and oxygen atoms in total. The molecule has 0 heterocycles. The van der Waals surface area contributed by atoms with Crippen LogP contribution in [-0.4, -0.2) is 45.1 Å². The van der Waals surface area contributed by atoms with Crippen molar-refractivity contribution in [2.24, 2.45) is 0 Å². The summed E-state index contributed by atoms with van der Waals surface area (Å²) < 4.78 is 0. The molecule has 0 unspecified atom stereocenters. The predicted molar refractivity (Wildman–Crippen MR) is 35.3 cm³/mol. The second kappa shape index (κ2) is 5.15. The molecule has 4 radical (unpaired) electrons. The standard InChI is InChI=1S/C5H7O2.Sn/c1-4(6)3-5(2)7;/h3H,1-2H3;/q-1;/p+2. The average molecular weight is 220 g/mol. The van der Waals surface area contributed by atoms with Gasteiger partial charge in [-0.3, -0.25) is 0 Å². The summed E-state index contributed by atoms with van der Waals surface area (Å²) in [5.74, 6) is 0.250. The number of hydrogen-bond acceptors (Lipinski definition) is 0. The van der Waals surface area contributed by atoms with Crippen LogP contribution in [0.3, 0.4) is 0 Å². The van der Waals surface area contributed by atoms with Gasteiger partial charge in [0.2, 0.25) is 0 Å². The van der Waals surface area contributed by atoms with Gasteiger partial charge in [-0.1, -0.05) is 0 Å². The number of rotatable bonds is 2. The molecule has 0 aromatic carbocycles. The van der Waals surface area contributed by atoms with Crippen molar-refractivity contribution in [2.75, 3.05) is 0 Å². The fourth-order valence-corrected chi connectivity index (χ4v) is 0.302. The SMILES string of the molecule is CC(=[OH+])[CH-]C(C)=[OH+].[Sn]. The van der Waals surface area contributed by atoms with Gasteiger partial charge in [-0.15, -0.1) is 0 Å². The molecule has 0 aromatic heterocycles. The van der Waals surface area contributed by atoms with Crippen LogP contribution in [0.1, 0.15) is 13.8 Å². The van der Waals surface area contributed by atoms with Crippen molar-refractivity contribution in [3.63, 3.8) is 0 Å². The molecule has 3 heteroatoms. The van der Waals surface area contributed by atoms with E-state index < -0.39 is 0 Å². The Morgan fingerprint density at radius 2 is 1.38 bits per heavy atom. The third-order valence-corrected chi connectivity index (χ3v) is 0.418. The monoisotopic (exact) mass is 221 g/mol. The summed E-state index contributed by atoms with van der Waals surface area (Å²) in [5.41, 5.74) is 0. The fourth-order valence-electron chi connectivity index (χ4n) is 0.302. The van der Waals surface area contributed by atoms with Gasteiger partial charge in [-0.25, -0.2) is 0 Å². The molecule has 0 aromatic rings. The molecule has 0 aliphatic heterocycles. The van der Waals surface area contributed by atoms with Crippen LogP contribution >= 0.6 is 0 Å². The van der Waals surface area contributed by atoms with Gasteiger partial charge in [-0.05, 0) is 0 Å². The second-order valence-corrected chi connectivity index (χ2v) is 1.43. The van der Waals surface area contributed by atoms with Crippen molar-refractivity contribution >= 4 is 35.5 Å². The smallest absolute Gasteiger partial charge is 0.176 e. The fraction of sp³-hybridized carbons (Fsp3) is 0.400. The first-order chi connectivity index (χ1) is 3.13. The zero-order valence-corrected chi connectivity index (χ0v) is 7.83. The van der Waals surface area contributed by atoms with Crippen LogP contribution in [0.15, 0.2) is 0 Å². The average Bonchev–Trinajstić information content (AvgIpc) is 1.27. The Hall–Kier alpha value is 0.00870. The molecule has 0 aliphatic rings. The predicted octanol–water partition coefficient (Wildman–Crippen LogP) is -0.0605. The van der Waals surface area contributed by atoms with Crippen molar-refractivity contribution in [1.29, 1.82) is 0 Å². The second-order valence-electron chi connectivity index (χ2n) is 1.43. The minimum absolute atomic E-state index is 0. The van der Waals surface area contributed by atoms with Gasteiger partial charge in [0.25, 0.3) is 0 Å². The Morgan fingerprint density at radius 1 is 1.12 bits per heavy atom. The molecule has 0 saturated heterocycles. The van der Waals surface area contributed by atoms with Crippen LogP contribution < -0.4 is 0 Å². The van der Waals surface area contributed by atoms with Gasteiger partial charge in [0.15, 0.2) is 11.6 Å². The summed E-state index contributed by atoms with van der Waals surface area (Å²) in [6, 6.07) is 0. The first-order valence-corrected chi connectivity index (χ1v) is 2.02. The molecule has 0 bridgehead atoms. The van der Waals surface area contributed by atoms with E-state index in [9.17, 15) is 0 Å². The van der Waals surface area contributed by atoms with Crippen LogP contribution in [0.2, 0.25) is 0 Å². The molecule has 44 valence electrons. The quantitative estimate of drug-likeness (QED) is 0.270. The van der Waals surface area contributed by atoms with Crippen LogP contribution in [-0.2, 0) is 0 Å². The van der Waals surface area contributed by atoms with Gasteiger partial charge < -0.3 is 9.59 Å². The summed E-state index contributed by atoms with van der Waals surface area (Å²) in [6.07, 6.45) is 1.28. The van der Waals surface area contributed by atoms with E-state index in [2.05, 4.69) is 0 Å². The Bertz CT molecular complexity index is 86.6. The first kappa shape index (κ1) is 10.9. The van der Waals surface area contributed by atoms with E-state index in [4.69, 9.17) is 9.59 Å². The Morgan fingerprint density at radius 3 is 1.38 bits per heavy atom. The van der Waals surface area contributed by atoms with E-state index in [1.165, 1.54) is 20.3 Å². The molecule has 0 amide bonds. The summed E-state index contributed by atoms with van der Waals surface area (Å²) in [4.78, 5) is 16.8. The van der Waals surface area contributed by atoms with Crippen molar-refractivity contribution in [3.8, 4) is 0 Å². The summed E-state index contributed by atoms with van der Waals surface area (Å²) in [7, 11) is 0. The minimum atomic E-state index is 0. The van der Waals surface area contributed by atoms with Crippen LogP contribution in [0.4, 0.5) is 0 Å². The van der Waals surface area contributed by atoms with Crippen molar-refractivity contribution in [2.45, 2.75) is 13.8 Å². The molecule has 0 fully saturated rings. The van der Waals surface area contributed by atoms with Gasteiger partial charge in [0.05, 0.1) is 0 Å². The molecule has 0 rings (SSSR count). The zero-order valence-electron chi connectivity index (χ0n) is 4.97. The third kappa shape index (κ3) is 9.38. The van der Waals surface area contributed by atoms with Crippen LogP contribution in [0, 0.1) is 6.42 Å². The molecule has 0 spiro atoms. The van der Waals surface area contributed by atoms with E-state index in [-0.39, 0.29) is 35.5 Å². The molecule has 2 N–H and O–H groups in total. The molecule has 0 aliphatic carbocycles. The first-order valence-electron chi connectivity index (χ1n) is 2.02. The Balaban J connectivity index is 0. The van der Waals surface area contributed by atoms with E-state index in [1.54, 1.807) is 0 Å². The van der Waals surface area contributed by atoms with Crippen LogP contribution in [0.25, 0.3) is 0 Å². The van der Waals surface area contributed by atoms with Gasteiger partial charge >= 0.3 is 0 Å². The largest absolute Gasteiger partial charge is 0.316 e. The number of ketones is 2. The zero-order chi connectivity index (χ0) is 5.86.